The Bertz CT molecular complexity index is 795. The van der Waals surface area contributed by atoms with E-state index in [-0.39, 0.29) is 6.61 Å². The fourth-order valence-electron chi connectivity index (χ4n) is 2.67. The zero-order chi connectivity index (χ0) is 18.2. The quantitative estimate of drug-likeness (QED) is 0.532. The molecule has 25 heavy (non-hydrogen) atoms. The van der Waals surface area contributed by atoms with Gasteiger partial charge in [0.1, 0.15) is 18.3 Å². The number of aromatic amines is 1. The van der Waals surface area contributed by atoms with E-state index in [1.165, 1.54) is 0 Å². The summed E-state index contributed by atoms with van der Waals surface area (Å²) in [6.45, 7) is 1.57. The number of nitrogens with zero attached hydrogens (tertiary/aromatic N) is 1. The average molecular weight is 380 g/mol. The number of hydrogen-bond acceptors (Lipinski definition) is 8. The summed E-state index contributed by atoms with van der Waals surface area (Å²) in [5.74, 6) is -1.20. The lowest BCUT2D eigenvalue weighted by molar-refractivity contribution is -0.0644. The lowest BCUT2D eigenvalue weighted by Gasteiger charge is -2.20. The number of ether oxygens (including phenoxy) is 1. The van der Waals surface area contributed by atoms with Gasteiger partial charge < -0.3 is 9.84 Å². The van der Waals surface area contributed by atoms with Crippen molar-refractivity contribution in [1.82, 2.24) is 9.55 Å². The summed E-state index contributed by atoms with van der Waals surface area (Å²) in [4.78, 5) is 24.9. The first kappa shape index (κ1) is 18.4. The highest BCUT2D eigenvalue weighted by molar-refractivity contribution is 7.48. The maximum absolute atomic E-state index is 13.5. The number of nitrogens with one attached hydrogen (secondary N) is 1. The molecule has 2 aliphatic heterocycles. The molecule has 140 valence electrons. The lowest BCUT2D eigenvalue weighted by Crippen LogP contribution is -2.37. The smallest absolute Gasteiger partial charge is 0.394 e. The fourth-order valence-corrected chi connectivity index (χ4v) is 4.27. The van der Waals surface area contributed by atoms with Gasteiger partial charge in [-0.1, -0.05) is 13.3 Å². The highest BCUT2D eigenvalue weighted by atomic mass is 31.2. The molecule has 0 bridgehead atoms. The van der Waals surface area contributed by atoms with Gasteiger partial charge in [-0.3, -0.25) is 27.9 Å². The van der Waals surface area contributed by atoms with E-state index in [2.05, 4.69) is 0 Å². The summed E-state index contributed by atoms with van der Waals surface area (Å²) < 4.78 is 48.1. The Labute approximate surface area is 141 Å². The number of unbranched alkanes of at least 4 members (excludes halogenated alkanes) is 1. The molecule has 12 heteroatoms. The number of aliphatic hydroxyl groups is 1. The van der Waals surface area contributed by atoms with Crippen LogP contribution in [0, 0.1) is 5.82 Å². The third-order valence-electron chi connectivity index (χ3n) is 3.91. The van der Waals surface area contributed by atoms with Crippen LogP contribution in [0.4, 0.5) is 4.39 Å². The van der Waals surface area contributed by atoms with Crippen molar-refractivity contribution in [3.63, 3.8) is 0 Å². The van der Waals surface area contributed by atoms with Gasteiger partial charge in [-0.15, -0.1) is 0 Å². The minimum atomic E-state index is -3.89. The molecule has 0 saturated carbocycles. The summed E-state index contributed by atoms with van der Waals surface area (Å²) in [5, 5.41) is 9.42. The van der Waals surface area contributed by atoms with Crippen LogP contribution in [0.15, 0.2) is 15.8 Å². The highest BCUT2D eigenvalue weighted by Crippen LogP contribution is 2.61. The van der Waals surface area contributed by atoms with Gasteiger partial charge in [0.2, 0.25) is 5.82 Å². The molecule has 2 N–H and O–H groups in total. The van der Waals surface area contributed by atoms with Crippen molar-refractivity contribution in [3.8, 4) is 0 Å². The third-order valence-corrected chi connectivity index (χ3v) is 5.41. The van der Waals surface area contributed by atoms with Gasteiger partial charge in [-0.2, -0.15) is 4.39 Å². The molecule has 10 nitrogen and oxygen atoms in total. The number of rotatable bonds is 6. The molecule has 0 spiro atoms. The van der Waals surface area contributed by atoms with Crippen LogP contribution < -0.4 is 11.2 Å². The number of phosphoric ester groups is 1. The molecule has 3 rings (SSSR count). The maximum atomic E-state index is 13.5. The van der Waals surface area contributed by atoms with Gasteiger partial charge >= 0.3 is 13.5 Å². The minimum Gasteiger partial charge on any atom is -0.394 e. The van der Waals surface area contributed by atoms with Gasteiger partial charge in [-0.05, 0) is 6.42 Å². The molecule has 0 aromatic carbocycles. The fraction of sp³-hybridized carbons (Fsp3) is 0.692. The number of aromatic nitrogens is 2. The number of H-pyrrole nitrogens is 1. The van der Waals surface area contributed by atoms with Gasteiger partial charge in [0, 0.05) is 0 Å². The molecule has 0 amide bonds. The summed E-state index contributed by atoms with van der Waals surface area (Å²) >= 11 is 0. The van der Waals surface area contributed by atoms with Crippen molar-refractivity contribution in [2.24, 2.45) is 0 Å². The highest BCUT2D eigenvalue weighted by Gasteiger charge is 2.58. The Morgan fingerprint density at radius 3 is 2.80 bits per heavy atom. The van der Waals surface area contributed by atoms with E-state index in [1.54, 1.807) is 4.98 Å². The first-order chi connectivity index (χ1) is 11.9. The van der Waals surface area contributed by atoms with Crippen molar-refractivity contribution < 1.29 is 32.4 Å². The van der Waals surface area contributed by atoms with Crippen LogP contribution in [-0.2, 0) is 22.9 Å². The molecule has 1 aromatic heterocycles. The Hall–Kier alpha value is -1.36. The molecule has 0 aliphatic carbocycles. The minimum absolute atomic E-state index is 0.149. The first-order valence-electron chi connectivity index (χ1n) is 7.77. The standard InChI is InChI=1S/C13H18FN2O8P/c1-2-3-4-21-25(20)23-9-8(6-17)22-12(10(9)24-25)16-5-7(14)11(18)15-13(16)19/h5,8-10,12,17H,2-4,6H2,1H3,(H,15,18,19)/t8-,9-,10-,12-,25?/m1/s1. The number of aliphatic hydroxyl groups excluding tert-OH is 1. The predicted octanol–water partition coefficient (Wildman–Crippen LogP) is 0.274. The molecule has 1 unspecified atom stereocenters. The van der Waals surface area contributed by atoms with Crippen LogP contribution in [0.3, 0.4) is 0 Å². The zero-order valence-electron chi connectivity index (χ0n) is 13.3. The predicted molar refractivity (Wildman–Crippen MR) is 80.5 cm³/mol. The molecule has 2 aliphatic rings. The Morgan fingerprint density at radius 2 is 2.12 bits per heavy atom. The molecular formula is C13H18FN2O8P. The summed E-state index contributed by atoms with van der Waals surface area (Å²) in [7, 11) is -3.89. The van der Waals surface area contributed by atoms with Gasteiger partial charge in [0.15, 0.2) is 6.23 Å². The van der Waals surface area contributed by atoms with Crippen molar-refractivity contribution in [1.29, 1.82) is 0 Å². The third kappa shape index (κ3) is 3.48. The molecule has 5 atom stereocenters. The Morgan fingerprint density at radius 1 is 1.40 bits per heavy atom. The van der Waals surface area contributed by atoms with E-state index >= 15 is 0 Å². The number of hydrogen-bond donors (Lipinski definition) is 2. The summed E-state index contributed by atoms with van der Waals surface area (Å²) in [6, 6.07) is 0. The van der Waals surface area contributed by atoms with Crippen molar-refractivity contribution in [2.45, 2.75) is 44.3 Å². The van der Waals surface area contributed by atoms with Crippen molar-refractivity contribution in [2.75, 3.05) is 13.2 Å². The van der Waals surface area contributed by atoms with Crippen LogP contribution in [0.5, 0.6) is 0 Å². The van der Waals surface area contributed by atoms with Crippen LogP contribution in [-0.4, -0.2) is 46.2 Å². The molecule has 2 fully saturated rings. The van der Waals surface area contributed by atoms with E-state index in [1.807, 2.05) is 6.92 Å². The van der Waals surface area contributed by atoms with Crippen LogP contribution in [0.25, 0.3) is 0 Å². The second-order valence-corrected chi connectivity index (χ2v) is 7.24. The molecular weight excluding hydrogens is 362 g/mol. The topological polar surface area (TPSA) is 129 Å². The van der Waals surface area contributed by atoms with Crippen LogP contribution in [0.1, 0.15) is 26.0 Å². The molecule has 3 heterocycles. The number of fused-ring (bicyclic) bond motifs is 1. The summed E-state index contributed by atoms with van der Waals surface area (Å²) in [5.41, 5.74) is -2.11. The van der Waals surface area contributed by atoms with Crippen molar-refractivity contribution >= 4 is 7.82 Å². The van der Waals surface area contributed by atoms with E-state index in [0.29, 0.717) is 12.6 Å². The second kappa shape index (κ2) is 7.10. The maximum Gasteiger partial charge on any atom is 0.475 e. The second-order valence-electron chi connectivity index (χ2n) is 5.67. The normalized spacial score (nSPS) is 34.4. The molecule has 0 radical (unpaired) electrons. The van der Waals surface area contributed by atoms with Gasteiger partial charge in [-0.25, -0.2) is 9.36 Å². The molecule has 2 saturated heterocycles. The zero-order valence-corrected chi connectivity index (χ0v) is 14.2. The van der Waals surface area contributed by atoms with E-state index in [9.17, 15) is 23.7 Å². The summed E-state index contributed by atoms with van der Waals surface area (Å²) in [6.07, 6.45) is -2.14. The monoisotopic (exact) mass is 380 g/mol. The SMILES string of the molecule is CCCCOP1(=O)O[C@@H]2[C@H](O1)[C@@H](CO)O[C@H]2n1cc(F)c(=O)[nH]c1=O. The van der Waals surface area contributed by atoms with Crippen LogP contribution in [0.2, 0.25) is 0 Å². The van der Waals surface area contributed by atoms with E-state index in [0.717, 1.165) is 11.0 Å². The largest absolute Gasteiger partial charge is 0.475 e. The van der Waals surface area contributed by atoms with E-state index in [4.69, 9.17) is 18.3 Å². The average Bonchev–Trinajstić information content (AvgIpc) is 3.06. The van der Waals surface area contributed by atoms with Crippen molar-refractivity contribution in [3.05, 3.63) is 32.9 Å². The van der Waals surface area contributed by atoms with Crippen LogP contribution >= 0.6 is 7.82 Å². The van der Waals surface area contributed by atoms with Gasteiger partial charge in [0.05, 0.1) is 19.4 Å². The van der Waals surface area contributed by atoms with Gasteiger partial charge in [0.25, 0.3) is 5.56 Å². The first-order valence-corrected chi connectivity index (χ1v) is 9.23. The lowest BCUT2D eigenvalue weighted by atomic mass is 10.1. The van der Waals surface area contributed by atoms with E-state index < -0.39 is 56.0 Å². The number of phosphoric acid groups is 1. The Kier molecular flexibility index (Phi) is 5.24. The Balaban J connectivity index is 1.88. The number of halogens is 1. The molecule has 1 aromatic rings.